The lowest BCUT2D eigenvalue weighted by Crippen LogP contribution is -2.59. The second-order valence-electron chi connectivity index (χ2n) is 5.56. The van der Waals surface area contributed by atoms with Gasteiger partial charge in [-0.2, -0.15) is 0 Å². The molecular formula is C14H24N2O2. The molecule has 4 nitrogen and oxygen atoms in total. The Hall–Kier alpha value is -1.06. The fraction of sp³-hybridized carbons (Fsp3) is 0.857. The van der Waals surface area contributed by atoms with Gasteiger partial charge in [-0.25, -0.2) is 0 Å². The lowest BCUT2D eigenvalue weighted by Gasteiger charge is -2.39. The maximum absolute atomic E-state index is 12.4. The van der Waals surface area contributed by atoms with Gasteiger partial charge < -0.3 is 9.80 Å². The number of carbonyl (C=O) groups is 2. The van der Waals surface area contributed by atoms with Gasteiger partial charge in [0.15, 0.2) is 0 Å². The van der Waals surface area contributed by atoms with Crippen molar-refractivity contribution in [1.82, 2.24) is 9.80 Å². The lowest BCUT2D eigenvalue weighted by atomic mass is 10.0. The topological polar surface area (TPSA) is 40.6 Å². The van der Waals surface area contributed by atoms with Crippen molar-refractivity contribution in [2.24, 2.45) is 0 Å². The van der Waals surface area contributed by atoms with E-state index in [2.05, 4.69) is 13.8 Å². The van der Waals surface area contributed by atoms with Gasteiger partial charge in [0.05, 0.1) is 0 Å². The highest BCUT2D eigenvalue weighted by Crippen LogP contribution is 2.25. The summed E-state index contributed by atoms with van der Waals surface area (Å²) in [6, 6.07) is 0.0515. The maximum atomic E-state index is 12.4. The minimum atomic E-state index is -0.153. The summed E-state index contributed by atoms with van der Waals surface area (Å²) in [7, 11) is 0. The fourth-order valence-electron chi connectivity index (χ4n) is 3.05. The van der Waals surface area contributed by atoms with Gasteiger partial charge in [0.2, 0.25) is 11.8 Å². The summed E-state index contributed by atoms with van der Waals surface area (Å²) in [6.45, 7) is 5.32. The van der Waals surface area contributed by atoms with Crippen molar-refractivity contribution < 1.29 is 9.59 Å². The van der Waals surface area contributed by atoms with Crippen LogP contribution in [0.3, 0.4) is 0 Å². The molecule has 4 heteroatoms. The van der Waals surface area contributed by atoms with Gasteiger partial charge in [-0.3, -0.25) is 9.59 Å². The van der Waals surface area contributed by atoms with Crippen molar-refractivity contribution in [3.05, 3.63) is 0 Å². The van der Waals surface area contributed by atoms with Crippen LogP contribution in [0.2, 0.25) is 0 Å². The van der Waals surface area contributed by atoms with Crippen molar-refractivity contribution in [2.45, 2.75) is 64.5 Å². The molecule has 2 atom stereocenters. The highest BCUT2D eigenvalue weighted by Gasteiger charge is 2.42. The standard InChI is InChI=1S/C14H24N2O2/c1-3-4-5-7-11(2)16-10-13(17)15-9-6-8-12(15)14(16)18/h11-12H,3-10H2,1-2H3. The first-order chi connectivity index (χ1) is 8.65. The summed E-state index contributed by atoms with van der Waals surface area (Å²) < 4.78 is 0. The van der Waals surface area contributed by atoms with Crippen molar-refractivity contribution >= 4 is 11.8 Å². The van der Waals surface area contributed by atoms with Crippen LogP contribution in [0.5, 0.6) is 0 Å². The molecule has 2 heterocycles. The summed E-state index contributed by atoms with van der Waals surface area (Å²) in [5, 5.41) is 0. The van der Waals surface area contributed by atoms with Crippen molar-refractivity contribution in [3.8, 4) is 0 Å². The number of piperazine rings is 1. The second-order valence-corrected chi connectivity index (χ2v) is 5.56. The number of amides is 2. The van der Waals surface area contributed by atoms with E-state index in [1.54, 1.807) is 4.90 Å². The Morgan fingerprint density at radius 3 is 2.83 bits per heavy atom. The van der Waals surface area contributed by atoms with Crippen LogP contribution < -0.4 is 0 Å². The van der Waals surface area contributed by atoms with Crippen LogP contribution in [-0.2, 0) is 9.59 Å². The van der Waals surface area contributed by atoms with Crippen LogP contribution >= 0.6 is 0 Å². The predicted molar refractivity (Wildman–Crippen MR) is 70.1 cm³/mol. The molecular weight excluding hydrogens is 228 g/mol. The van der Waals surface area contributed by atoms with Gasteiger partial charge in [-0.05, 0) is 26.2 Å². The van der Waals surface area contributed by atoms with Crippen molar-refractivity contribution in [2.75, 3.05) is 13.1 Å². The van der Waals surface area contributed by atoms with Crippen LogP contribution in [0, 0.1) is 0 Å². The van der Waals surface area contributed by atoms with Gasteiger partial charge in [-0.1, -0.05) is 26.2 Å². The van der Waals surface area contributed by atoms with Gasteiger partial charge in [0.25, 0.3) is 0 Å². The Morgan fingerprint density at radius 2 is 2.11 bits per heavy atom. The number of nitrogens with zero attached hydrogens (tertiary/aromatic N) is 2. The Labute approximate surface area is 109 Å². The van der Waals surface area contributed by atoms with Crippen molar-refractivity contribution in [3.63, 3.8) is 0 Å². The molecule has 2 unspecified atom stereocenters. The molecule has 0 aromatic heterocycles. The van der Waals surface area contributed by atoms with Crippen LogP contribution in [0.15, 0.2) is 0 Å². The molecule has 2 fully saturated rings. The van der Waals surface area contributed by atoms with Gasteiger partial charge >= 0.3 is 0 Å². The van der Waals surface area contributed by atoms with Crippen LogP contribution in [0.1, 0.15) is 52.4 Å². The Morgan fingerprint density at radius 1 is 1.33 bits per heavy atom. The predicted octanol–water partition coefficient (Wildman–Crippen LogP) is 1.79. The molecule has 18 heavy (non-hydrogen) atoms. The number of rotatable bonds is 5. The van der Waals surface area contributed by atoms with E-state index in [1.807, 2.05) is 4.90 Å². The number of hydrogen-bond acceptors (Lipinski definition) is 2. The first-order valence-electron chi connectivity index (χ1n) is 7.25. The van der Waals surface area contributed by atoms with Crippen LogP contribution in [0.4, 0.5) is 0 Å². The van der Waals surface area contributed by atoms with Crippen molar-refractivity contribution in [1.29, 1.82) is 0 Å². The molecule has 0 bridgehead atoms. The molecule has 2 amide bonds. The zero-order valence-electron chi connectivity index (χ0n) is 11.5. The largest absolute Gasteiger partial charge is 0.329 e. The Kier molecular flexibility index (Phi) is 4.25. The second kappa shape index (κ2) is 5.72. The van der Waals surface area contributed by atoms with E-state index in [-0.39, 0.29) is 23.9 Å². The van der Waals surface area contributed by atoms with E-state index in [4.69, 9.17) is 0 Å². The lowest BCUT2D eigenvalue weighted by molar-refractivity contribution is -0.155. The first kappa shape index (κ1) is 13.4. The van der Waals surface area contributed by atoms with Crippen LogP contribution in [0.25, 0.3) is 0 Å². The number of unbranched alkanes of at least 4 members (excludes halogenated alkanes) is 2. The minimum Gasteiger partial charge on any atom is -0.329 e. The smallest absolute Gasteiger partial charge is 0.246 e. The average Bonchev–Trinajstić information content (AvgIpc) is 2.84. The number of fused-ring (bicyclic) bond motifs is 1. The molecule has 2 aliphatic rings. The molecule has 0 N–H and O–H groups in total. The molecule has 2 rings (SSSR count). The SMILES string of the molecule is CCCCCC(C)N1CC(=O)N2CCCC2C1=O. The van der Waals surface area contributed by atoms with Gasteiger partial charge in [0, 0.05) is 12.6 Å². The number of carbonyl (C=O) groups excluding carboxylic acids is 2. The first-order valence-corrected chi connectivity index (χ1v) is 7.25. The summed E-state index contributed by atoms with van der Waals surface area (Å²) >= 11 is 0. The molecule has 0 radical (unpaired) electrons. The molecule has 0 saturated carbocycles. The third-order valence-corrected chi connectivity index (χ3v) is 4.20. The fourth-order valence-corrected chi connectivity index (χ4v) is 3.05. The normalized spacial score (nSPS) is 25.6. The zero-order chi connectivity index (χ0) is 13.1. The maximum Gasteiger partial charge on any atom is 0.246 e. The van der Waals surface area contributed by atoms with E-state index in [0.717, 1.165) is 32.2 Å². The highest BCUT2D eigenvalue weighted by atomic mass is 16.2. The highest BCUT2D eigenvalue weighted by molar-refractivity contribution is 5.95. The summed E-state index contributed by atoms with van der Waals surface area (Å²) in [5.74, 6) is 0.315. The zero-order valence-corrected chi connectivity index (χ0v) is 11.5. The Balaban J connectivity index is 1.96. The molecule has 2 aliphatic heterocycles. The molecule has 102 valence electrons. The number of hydrogen-bond donors (Lipinski definition) is 0. The summed E-state index contributed by atoms with van der Waals surface area (Å²) in [6.07, 6.45) is 6.37. The van der Waals surface area contributed by atoms with E-state index < -0.39 is 0 Å². The van der Waals surface area contributed by atoms with E-state index in [1.165, 1.54) is 12.8 Å². The third kappa shape index (κ3) is 2.52. The van der Waals surface area contributed by atoms with E-state index in [9.17, 15) is 9.59 Å². The summed E-state index contributed by atoms with van der Waals surface area (Å²) in [5.41, 5.74) is 0. The molecule has 0 aromatic rings. The monoisotopic (exact) mass is 252 g/mol. The van der Waals surface area contributed by atoms with Gasteiger partial charge in [0.1, 0.15) is 12.6 Å². The molecule has 0 aliphatic carbocycles. The molecule has 0 aromatic carbocycles. The molecule has 2 saturated heterocycles. The van der Waals surface area contributed by atoms with Crippen LogP contribution in [-0.4, -0.2) is 46.8 Å². The van der Waals surface area contributed by atoms with Gasteiger partial charge in [-0.15, -0.1) is 0 Å². The Bertz CT molecular complexity index is 330. The van der Waals surface area contributed by atoms with E-state index >= 15 is 0 Å². The quantitative estimate of drug-likeness (QED) is 0.700. The minimum absolute atomic E-state index is 0.138. The summed E-state index contributed by atoms with van der Waals surface area (Å²) in [4.78, 5) is 27.9. The molecule has 0 spiro atoms. The van der Waals surface area contributed by atoms with E-state index in [0.29, 0.717) is 6.54 Å². The average molecular weight is 252 g/mol. The third-order valence-electron chi connectivity index (χ3n) is 4.20.